The van der Waals surface area contributed by atoms with Crippen molar-refractivity contribution >= 4 is 17.1 Å². The van der Waals surface area contributed by atoms with Crippen LogP contribution in [0, 0.1) is 0 Å². The van der Waals surface area contributed by atoms with Crippen LogP contribution in [0.3, 0.4) is 0 Å². The van der Waals surface area contributed by atoms with Gasteiger partial charge in [-0.2, -0.15) is 0 Å². The van der Waals surface area contributed by atoms with Gasteiger partial charge in [-0.1, -0.05) is 47.6 Å². The summed E-state index contributed by atoms with van der Waals surface area (Å²) >= 11 is 0. The van der Waals surface area contributed by atoms with Gasteiger partial charge in [-0.25, -0.2) is 0 Å². The minimum absolute atomic E-state index is 0.729. The van der Waals surface area contributed by atoms with Gasteiger partial charge < -0.3 is 29.5 Å². The molecule has 2 aromatic carbocycles. The van der Waals surface area contributed by atoms with Crippen LogP contribution >= 0.6 is 0 Å². The maximum Gasteiger partial charge on any atom is 0.163 e. The number of aliphatic hydroxyl groups excluding tert-OH is 3. The first-order chi connectivity index (χ1) is 15.6. The van der Waals surface area contributed by atoms with Crippen molar-refractivity contribution in [2.45, 2.75) is 55.8 Å². The number of hydrogen-bond donors (Lipinski definition) is 3. The van der Waals surface area contributed by atoms with Crippen LogP contribution in [0.5, 0.6) is 0 Å². The molecule has 7 heteroatoms. The molecular formula is C25H28N2O5. The first-order valence-electron chi connectivity index (χ1n) is 11.0. The van der Waals surface area contributed by atoms with Crippen molar-refractivity contribution in [2.75, 3.05) is 7.11 Å². The van der Waals surface area contributed by atoms with E-state index in [1.807, 2.05) is 35.0 Å². The Hall–Kier alpha value is -2.71. The SMILES string of the molecule is CON=C[C@H]1O[C@@H](n2cc(Cc3ccc(C4CC4)cc3)c3ccccc32)[C@H](O)[C@@H](O)[C@@H]1O. The van der Waals surface area contributed by atoms with E-state index in [9.17, 15) is 15.3 Å². The zero-order valence-corrected chi connectivity index (χ0v) is 17.9. The van der Waals surface area contributed by atoms with E-state index in [1.165, 1.54) is 37.3 Å². The van der Waals surface area contributed by atoms with Crippen LogP contribution < -0.4 is 0 Å². The van der Waals surface area contributed by atoms with Gasteiger partial charge in [0.05, 0.1) is 11.7 Å². The molecule has 0 radical (unpaired) electrons. The number of fused-ring (bicyclic) bond motifs is 1. The van der Waals surface area contributed by atoms with Crippen molar-refractivity contribution in [1.29, 1.82) is 0 Å². The molecule has 3 aromatic rings. The van der Waals surface area contributed by atoms with Crippen molar-refractivity contribution in [2.24, 2.45) is 5.16 Å². The van der Waals surface area contributed by atoms with Gasteiger partial charge in [0.25, 0.3) is 0 Å². The number of benzene rings is 2. The molecule has 1 aliphatic carbocycles. The average Bonchev–Trinajstić information content (AvgIpc) is 3.61. The summed E-state index contributed by atoms with van der Waals surface area (Å²) in [5, 5.41) is 36.2. The van der Waals surface area contributed by atoms with Gasteiger partial charge in [-0.3, -0.25) is 0 Å². The molecule has 1 aliphatic heterocycles. The highest BCUT2D eigenvalue weighted by Gasteiger charge is 2.44. The summed E-state index contributed by atoms with van der Waals surface area (Å²) in [6, 6.07) is 16.7. The van der Waals surface area contributed by atoms with Crippen LogP contribution in [-0.2, 0) is 16.0 Å². The molecule has 1 saturated carbocycles. The van der Waals surface area contributed by atoms with E-state index in [0.717, 1.165) is 28.8 Å². The van der Waals surface area contributed by atoms with Crippen molar-refractivity contribution in [3.63, 3.8) is 0 Å². The van der Waals surface area contributed by atoms with Crippen LogP contribution in [0.2, 0.25) is 0 Å². The van der Waals surface area contributed by atoms with Gasteiger partial charge in [0.2, 0.25) is 0 Å². The summed E-state index contributed by atoms with van der Waals surface area (Å²) in [5.74, 6) is 0.729. The lowest BCUT2D eigenvalue weighted by molar-refractivity contribution is -0.225. The molecule has 0 unspecified atom stereocenters. The Labute approximate surface area is 186 Å². The van der Waals surface area contributed by atoms with Crippen molar-refractivity contribution in [3.8, 4) is 0 Å². The van der Waals surface area contributed by atoms with Gasteiger partial charge >= 0.3 is 0 Å². The van der Waals surface area contributed by atoms with Gasteiger partial charge in [-0.15, -0.1) is 0 Å². The first kappa shape index (κ1) is 21.2. The molecule has 2 aliphatic rings. The lowest BCUT2D eigenvalue weighted by Gasteiger charge is -2.39. The lowest BCUT2D eigenvalue weighted by atomic mass is 9.98. The molecule has 2 fully saturated rings. The molecule has 168 valence electrons. The number of hydrogen-bond acceptors (Lipinski definition) is 6. The maximum atomic E-state index is 10.7. The van der Waals surface area contributed by atoms with Crippen molar-refractivity contribution in [3.05, 3.63) is 71.4 Å². The molecule has 5 rings (SSSR count). The van der Waals surface area contributed by atoms with E-state index >= 15 is 0 Å². The summed E-state index contributed by atoms with van der Waals surface area (Å²) < 4.78 is 7.79. The number of para-hydroxylation sites is 1. The van der Waals surface area contributed by atoms with Crippen molar-refractivity contribution in [1.82, 2.24) is 4.57 Å². The minimum atomic E-state index is -1.39. The number of nitrogens with zero attached hydrogens (tertiary/aromatic N) is 2. The highest BCUT2D eigenvalue weighted by molar-refractivity contribution is 5.84. The summed E-state index contributed by atoms with van der Waals surface area (Å²) in [7, 11) is 1.39. The second kappa shape index (κ2) is 8.67. The second-order valence-electron chi connectivity index (χ2n) is 8.67. The van der Waals surface area contributed by atoms with Gasteiger partial charge in [-0.05, 0) is 47.9 Å². The molecule has 7 nitrogen and oxygen atoms in total. The predicted octanol–water partition coefficient (Wildman–Crippen LogP) is 2.72. The predicted molar refractivity (Wildman–Crippen MR) is 121 cm³/mol. The third kappa shape index (κ3) is 3.93. The van der Waals surface area contributed by atoms with Crippen LogP contribution in [0.15, 0.2) is 59.9 Å². The summed E-state index contributed by atoms with van der Waals surface area (Å²) in [6.45, 7) is 0. The largest absolute Gasteiger partial charge is 0.399 e. The smallest absolute Gasteiger partial charge is 0.163 e. The molecule has 2 heterocycles. The molecule has 0 bridgehead atoms. The summed E-state index contributed by atoms with van der Waals surface area (Å²) in [6.07, 6.45) is 0.743. The Balaban J connectivity index is 1.48. The molecule has 1 aromatic heterocycles. The number of rotatable bonds is 6. The number of oxime groups is 1. The molecule has 0 spiro atoms. The maximum absolute atomic E-state index is 10.7. The Morgan fingerprint density at radius 3 is 2.50 bits per heavy atom. The Morgan fingerprint density at radius 1 is 1.03 bits per heavy atom. The molecule has 0 amide bonds. The zero-order valence-electron chi connectivity index (χ0n) is 17.9. The fourth-order valence-corrected chi connectivity index (χ4v) is 4.53. The zero-order chi connectivity index (χ0) is 22.2. The van der Waals surface area contributed by atoms with E-state index in [0.29, 0.717) is 0 Å². The van der Waals surface area contributed by atoms with Gasteiger partial charge in [0.1, 0.15) is 31.5 Å². The Bertz CT molecular complexity index is 1110. The number of aromatic nitrogens is 1. The van der Waals surface area contributed by atoms with E-state index < -0.39 is 30.6 Å². The molecule has 3 N–H and O–H groups in total. The summed E-state index contributed by atoms with van der Waals surface area (Å²) in [4.78, 5) is 4.69. The highest BCUT2D eigenvalue weighted by Crippen LogP contribution is 2.40. The fourth-order valence-electron chi connectivity index (χ4n) is 4.53. The second-order valence-corrected chi connectivity index (χ2v) is 8.67. The van der Waals surface area contributed by atoms with E-state index in [1.54, 1.807) is 0 Å². The number of aliphatic hydroxyl groups is 3. The standard InChI is InChI=1S/C25H28N2O5/c1-31-26-13-21-22(28)23(29)24(30)25(32-21)27-14-18(19-4-2-3-5-20(19)27)12-15-6-8-16(9-7-15)17-10-11-17/h2-9,13-14,17,21-25,28-30H,10-12H2,1H3/t21-,22-,23+,24-,25-/m1/s1. The molecule has 5 atom stereocenters. The van der Waals surface area contributed by atoms with Crippen LogP contribution in [-0.4, -0.2) is 57.6 Å². The molecular weight excluding hydrogens is 408 g/mol. The third-order valence-corrected chi connectivity index (χ3v) is 6.46. The quantitative estimate of drug-likeness (QED) is 0.408. The molecule has 32 heavy (non-hydrogen) atoms. The molecule has 1 saturated heterocycles. The normalized spacial score (nSPS) is 28.4. The van der Waals surface area contributed by atoms with E-state index in [-0.39, 0.29) is 0 Å². The highest BCUT2D eigenvalue weighted by atomic mass is 16.6. The Kier molecular flexibility index (Phi) is 5.73. The van der Waals surface area contributed by atoms with Crippen LogP contribution in [0.1, 0.15) is 41.7 Å². The summed E-state index contributed by atoms with van der Waals surface area (Å²) in [5.41, 5.74) is 4.60. The Morgan fingerprint density at radius 2 is 1.78 bits per heavy atom. The van der Waals surface area contributed by atoms with E-state index in [4.69, 9.17) is 9.57 Å². The number of ether oxygens (including phenoxy) is 1. The van der Waals surface area contributed by atoms with Crippen LogP contribution in [0.4, 0.5) is 0 Å². The monoisotopic (exact) mass is 436 g/mol. The van der Waals surface area contributed by atoms with Gasteiger partial charge in [0.15, 0.2) is 6.23 Å². The van der Waals surface area contributed by atoms with Crippen molar-refractivity contribution < 1.29 is 24.9 Å². The lowest BCUT2D eigenvalue weighted by Crippen LogP contribution is -2.55. The fraction of sp³-hybridized carbons (Fsp3) is 0.400. The first-order valence-corrected chi connectivity index (χ1v) is 11.0. The third-order valence-electron chi connectivity index (χ3n) is 6.46. The average molecular weight is 437 g/mol. The van der Waals surface area contributed by atoms with Gasteiger partial charge in [0, 0.05) is 11.6 Å². The minimum Gasteiger partial charge on any atom is -0.399 e. The van der Waals surface area contributed by atoms with E-state index in [2.05, 4.69) is 29.4 Å². The van der Waals surface area contributed by atoms with Crippen LogP contribution in [0.25, 0.3) is 10.9 Å². The topological polar surface area (TPSA) is 96.4 Å².